The van der Waals surface area contributed by atoms with Gasteiger partial charge < -0.3 is 30.6 Å². The van der Waals surface area contributed by atoms with Crippen LogP contribution in [-0.2, 0) is 52.6 Å². The van der Waals surface area contributed by atoms with Gasteiger partial charge in [0.05, 0.1) is 5.56 Å². The molecule has 20 heteroatoms. The second-order valence-corrected chi connectivity index (χ2v) is 14.7. The van der Waals surface area contributed by atoms with Crippen molar-refractivity contribution < 1.29 is 77.5 Å². The van der Waals surface area contributed by atoms with Crippen molar-refractivity contribution in [3.05, 3.63) is 211 Å². The molecule has 4 radical (unpaired) electrons. The van der Waals surface area contributed by atoms with Gasteiger partial charge in [-0.05, 0) is 35.9 Å². The Morgan fingerprint density at radius 2 is 0.882 bits per heavy atom. The molecule has 4 N–H and O–H groups in total. The van der Waals surface area contributed by atoms with Crippen LogP contribution in [0.15, 0.2) is 175 Å². The van der Waals surface area contributed by atoms with Gasteiger partial charge in [-0.15, -0.1) is 42.4 Å². The van der Waals surface area contributed by atoms with E-state index < -0.39 is 23.5 Å². The van der Waals surface area contributed by atoms with Crippen LogP contribution in [0.5, 0.6) is 0 Å². The largest absolute Gasteiger partial charge is 0.477 e. The van der Waals surface area contributed by atoms with Gasteiger partial charge in [-0.25, -0.2) is 19.9 Å². The van der Waals surface area contributed by atoms with Gasteiger partial charge in [-0.2, -0.15) is 62.7 Å². The minimum atomic E-state index is -4.45. The predicted molar refractivity (Wildman–Crippen MR) is 247 cm³/mol. The van der Waals surface area contributed by atoms with Gasteiger partial charge in [0.2, 0.25) is 0 Å². The number of para-hydroxylation sites is 2. The molecule has 0 atom stereocenters. The first-order chi connectivity index (χ1) is 30.9. The van der Waals surface area contributed by atoms with Crippen molar-refractivity contribution in [2.24, 2.45) is 0 Å². The van der Waals surface area contributed by atoms with Gasteiger partial charge >= 0.3 is 12.4 Å². The van der Waals surface area contributed by atoms with Crippen LogP contribution in [0.2, 0.25) is 0 Å². The summed E-state index contributed by atoms with van der Waals surface area (Å²) < 4.78 is 77.5. The molecule has 10 rings (SSSR count). The number of rotatable bonds is 5. The fraction of sp³-hybridized carbons (Fsp3) is 0.0417. The van der Waals surface area contributed by atoms with Crippen molar-refractivity contribution in [1.29, 1.82) is 0 Å². The zero-order chi connectivity index (χ0) is 44.8. The first-order valence-corrected chi connectivity index (χ1v) is 20.0. The van der Waals surface area contributed by atoms with Crippen LogP contribution >= 0.6 is 15.9 Å². The first kappa shape index (κ1) is 54.6. The number of hydrogen-bond donors (Lipinski definition) is 0. The second-order valence-electron chi connectivity index (χ2n) is 13.8. The summed E-state index contributed by atoms with van der Waals surface area (Å²) in [6, 6.07) is 47.3. The third-order valence-corrected chi connectivity index (χ3v) is 10.1. The SMILES string of the molecule is Brc1cc[c-]c(N2[CH-]N(c3ccccc3)c3nccnc32)c1.FC(F)(F)c1ccccc1-c1cc[c-]c(N2[CH-]N(c3ccccc3)c3nccnc32)c1.O.O.[B]c1ccccc1C(F)(F)F.[Ir].[Ir]. The molecule has 0 unspecified atom stereocenters. The molecule has 0 bridgehead atoms. The third kappa shape index (κ3) is 12.4. The van der Waals surface area contributed by atoms with E-state index in [1.165, 1.54) is 30.3 Å². The predicted octanol–water partition coefficient (Wildman–Crippen LogP) is 10.7. The Hall–Kier alpha value is -5.98. The number of benzene rings is 6. The van der Waals surface area contributed by atoms with Gasteiger partial charge in [0.25, 0.3) is 0 Å². The van der Waals surface area contributed by atoms with E-state index in [4.69, 9.17) is 7.85 Å². The Labute approximate surface area is 424 Å². The Morgan fingerprint density at radius 1 is 0.485 bits per heavy atom. The van der Waals surface area contributed by atoms with Crippen molar-refractivity contribution in [2.45, 2.75) is 12.4 Å². The first-order valence-electron chi connectivity index (χ1n) is 19.2. The number of alkyl halides is 6. The maximum absolute atomic E-state index is 13.5. The minimum Gasteiger partial charge on any atom is -0.477 e. The molecule has 10 nitrogen and oxygen atoms in total. The molecule has 0 amide bonds. The standard InChI is InChI=1S/C24H15F3N4.C17H11BrN4.C7H4BF3.2Ir.2H2O/c25-24(26,27)21-12-5-4-11-20(21)17-7-6-10-19(15-17)31-16-30(18-8-2-1-3-9-18)22-23(31)29-14-13-28-22;18-13-5-4-8-15(11-13)22-12-21(14-6-2-1-3-7-14)16-17(22)20-10-9-19-16;8-6-4-2-1-3-5(6)7(9,10)11;;;;/h1-9,11-16H;1-7,9-12H;1-4H;;;2*1H2/q2*-2;;;;;. The summed E-state index contributed by atoms with van der Waals surface area (Å²) in [5.74, 6) is 2.80. The average molecular weight is 1340 g/mol. The normalized spacial score (nSPS) is 12.3. The number of anilines is 8. The molecule has 68 heavy (non-hydrogen) atoms. The van der Waals surface area contributed by atoms with E-state index in [2.05, 4.69) is 48.0 Å². The summed E-state index contributed by atoms with van der Waals surface area (Å²) in [5.41, 5.74) is 2.28. The zero-order valence-electron chi connectivity index (χ0n) is 34.8. The smallest absolute Gasteiger partial charge is 0.416 e. The molecule has 6 aromatic carbocycles. The Balaban J connectivity index is 0.000000239. The third-order valence-electron chi connectivity index (χ3n) is 9.63. The zero-order valence-corrected chi connectivity index (χ0v) is 41.2. The molecule has 2 aliphatic heterocycles. The fourth-order valence-corrected chi connectivity index (χ4v) is 7.10. The number of nitrogens with zero attached hydrogens (tertiary/aromatic N) is 8. The molecule has 0 fully saturated rings. The van der Waals surface area contributed by atoms with Crippen LogP contribution in [0.3, 0.4) is 0 Å². The summed E-state index contributed by atoms with van der Waals surface area (Å²) in [7, 11) is 5.09. The van der Waals surface area contributed by atoms with E-state index in [-0.39, 0.29) is 62.2 Å². The van der Waals surface area contributed by atoms with Gasteiger partial charge in [-0.1, -0.05) is 105 Å². The van der Waals surface area contributed by atoms with Crippen molar-refractivity contribution in [3.63, 3.8) is 0 Å². The van der Waals surface area contributed by atoms with Gasteiger partial charge in [0.1, 0.15) is 31.1 Å². The molecule has 0 saturated heterocycles. The fourth-order valence-electron chi connectivity index (χ4n) is 6.75. The van der Waals surface area contributed by atoms with Crippen LogP contribution in [0.25, 0.3) is 11.1 Å². The Bertz CT molecular complexity index is 2880. The number of hydrogen-bond acceptors (Lipinski definition) is 8. The molecule has 2 aromatic heterocycles. The van der Waals surface area contributed by atoms with Crippen molar-refractivity contribution >= 4 is 75.3 Å². The minimum absolute atomic E-state index is 0. The molecule has 0 aliphatic carbocycles. The molecule has 0 saturated carbocycles. The molecule has 0 spiro atoms. The van der Waals surface area contributed by atoms with E-state index in [0.29, 0.717) is 22.9 Å². The van der Waals surface area contributed by atoms with E-state index in [1.807, 2.05) is 107 Å². The number of fused-ring (bicyclic) bond motifs is 2. The summed E-state index contributed by atoms with van der Waals surface area (Å²) >= 11 is 3.50. The molecule has 352 valence electrons. The van der Waals surface area contributed by atoms with Gasteiger partial charge in [0.15, 0.2) is 0 Å². The van der Waals surface area contributed by atoms with Gasteiger partial charge in [-0.3, -0.25) is 0 Å². The topological polar surface area (TPSA) is 128 Å². The average Bonchev–Trinajstić information content (AvgIpc) is 3.90. The van der Waals surface area contributed by atoms with Crippen LogP contribution < -0.4 is 25.1 Å². The van der Waals surface area contributed by atoms with Crippen LogP contribution in [0.1, 0.15) is 11.1 Å². The maximum Gasteiger partial charge on any atom is 0.416 e. The Kier molecular flexibility index (Phi) is 19.2. The summed E-state index contributed by atoms with van der Waals surface area (Å²) in [6.45, 7) is 3.80. The summed E-state index contributed by atoms with van der Waals surface area (Å²) in [6.07, 6.45) is -2.20. The molecule has 8 aromatic rings. The van der Waals surface area contributed by atoms with Gasteiger partial charge in [0, 0.05) is 81.9 Å². The quantitative estimate of drug-likeness (QED) is 0.0947. The van der Waals surface area contributed by atoms with E-state index in [0.717, 1.165) is 45.3 Å². The second kappa shape index (κ2) is 23.8. The number of halogens is 7. The molecular formula is C48H34BBrF6Ir2N8O2-4. The van der Waals surface area contributed by atoms with Crippen LogP contribution in [-0.4, -0.2) is 38.7 Å². The maximum atomic E-state index is 13.5. The van der Waals surface area contributed by atoms with Crippen LogP contribution in [0.4, 0.5) is 72.4 Å². The molecular weight excluding hydrogens is 1310 g/mol. The Morgan fingerprint density at radius 3 is 1.32 bits per heavy atom. The molecule has 4 heterocycles. The summed E-state index contributed by atoms with van der Waals surface area (Å²) in [5, 5.41) is 0. The summed E-state index contributed by atoms with van der Waals surface area (Å²) in [4.78, 5) is 25.5. The molecule has 2 aliphatic rings. The number of aromatic nitrogens is 4. The van der Waals surface area contributed by atoms with Crippen molar-refractivity contribution in [2.75, 3.05) is 19.6 Å². The van der Waals surface area contributed by atoms with E-state index >= 15 is 0 Å². The van der Waals surface area contributed by atoms with Crippen molar-refractivity contribution in [1.82, 2.24) is 19.9 Å². The van der Waals surface area contributed by atoms with Crippen LogP contribution in [0, 0.1) is 25.5 Å². The monoisotopic (exact) mass is 1340 g/mol. The van der Waals surface area contributed by atoms with E-state index in [9.17, 15) is 26.3 Å². The van der Waals surface area contributed by atoms with E-state index in [1.54, 1.807) is 54.0 Å². The van der Waals surface area contributed by atoms with Crippen molar-refractivity contribution in [3.8, 4) is 11.1 Å².